The maximum absolute atomic E-state index is 4.71. The molecule has 2 aliphatic heterocycles. The Kier molecular flexibility index (Phi) is 5.72. The largest absolute Gasteiger partial charge is 0.357 e. The van der Waals surface area contributed by atoms with E-state index in [1.807, 2.05) is 36.5 Å². The van der Waals surface area contributed by atoms with E-state index in [0.717, 1.165) is 57.9 Å². The first-order chi connectivity index (χ1) is 17.5. The van der Waals surface area contributed by atoms with Gasteiger partial charge in [-0.25, -0.2) is 9.97 Å². The van der Waals surface area contributed by atoms with Crippen LogP contribution < -0.4 is 10.2 Å². The van der Waals surface area contributed by atoms with Gasteiger partial charge in [0.05, 0.1) is 6.20 Å². The van der Waals surface area contributed by atoms with E-state index < -0.39 is 0 Å². The number of hydrogen-bond acceptors (Lipinski definition) is 6. The van der Waals surface area contributed by atoms with Gasteiger partial charge in [0.15, 0.2) is 0 Å². The molecule has 6 rings (SSSR count). The van der Waals surface area contributed by atoms with Gasteiger partial charge in [0.25, 0.3) is 0 Å². The lowest BCUT2D eigenvalue weighted by atomic mass is 9.72. The highest BCUT2D eigenvalue weighted by Gasteiger charge is 2.43. The molecule has 5 heterocycles. The number of rotatable bonds is 5. The average molecular weight is 480 g/mol. The van der Waals surface area contributed by atoms with Crippen LogP contribution in [0, 0.1) is 5.41 Å². The van der Waals surface area contributed by atoms with Gasteiger partial charge in [0, 0.05) is 74.0 Å². The van der Waals surface area contributed by atoms with E-state index in [2.05, 4.69) is 81.6 Å². The Morgan fingerprint density at radius 2 is 1.78 bits per heavy atom. The van der Waals surface area contributed by atoms with Crippen LogP contribution in [-0.2, 0) is 7.05 Å². The Bertz CT molecular complexity index is 1420. The number of likely N-dealkylation sites (tertiary alicyclic amines) is 1. The summed E-state index contributed by atoms with van der Waals surface area (Å²) < 4.78 is 1.83. The number of fused-ring (bicyclic) bond motifs is 1. The summed E-state index contributed by atoms with van der Waals surface area (Å²) in [5.74, 6) is 1.88. The molecule has 0 aliphatic carbocycles. The number of hydrogen-bond donors (Lipinski definition) is 1. The summed E-state index contributed by atoms with van der Waals surface area (Å²) in [6.45, 7) is 6.69. The zero-order valence-electron chi connectivity index (χ0n) is 21.3. The van der Waals surface area contributed by atoms with Crippen molar-refractivity contribution < 1.29 is 0 Å². The molecule has 4 aromatic rings. The molecule has 0 atom stereocenters. The van der Waals surface area contributed by atoms with Crippen molar-refractivity contribution in [2.75, 3.05) is 43.4 Å². The van der Waals surface area contributed by atoms with Gasteiger partial charge in [-0.15, -0.1) is 0 Å². The molecule has 7 heteroatoms. The van der Waals surface area contributed by atoms with E-state index >= 15 is 0 Å². The van der Waals surface area contributed by atoms with Gasteiger partial charge < -0.3 is 15.1 Å². The second-order valence-electron chi connectivity index (χ2n) is 10.4. The summed E-state index contributed by atoms with van der Waals surface area (Å²) in [6.07, 6.45) is 12.4. The third-order valence-corrected chi connectivity index (χ3v) is 7.73. The summed E-state index contributed by atoms with van der Waals surface area (Å²) >= 11 is 0. The number of piperidine rings is 1. The van der Waals surface area contributed by atoms with Crippen LogP contribution in [0.25, 0.3) is 27.6 Å². The van der Waals surface area contributed by atoms with Crippen LogP contribution in [0.15, 0.2) is 67.3 Å². The monoisotopic (exact) mass is 479 g/mol. The average Bonchev–Trinajstić information content (AvgIpc) is 3.33. The quantitative estimate of drug-likeness (QED) is 0.433. The highest BCUT2D eigenvalue weighted by Crippen LogP contribution is 2.40. The molecule has 3 aromatic heterocycles. The molecule has 184 valence electrons. The van der Waals surface area contributed by atoms with Crippen LogP contribution in [0.2, 0.25) is 0 Å². The molecule has 7 nitrogen and oxygen atoms in total. The fourth-order valence-corrected chi connectivity index (χ4v) is 5.79. The van der Waals surface area contributed by atoms with Crippen molar-refractivity contribution in [1.29, 1.82) is 0 Å². The van der Waals surface area contributed by atoms with Gasteiger partial charge in [-0.2, -0.15) is 5.10 Å². The van der Waals surface area contributed by atoms with E-state index in [9.17, 15) is 0 Å². The maximum Gasteiger partial charge on any atom is 0.130 e. The SMILES string of the molecule is C/C=C(/Nc1cc2cc(-c3cnn(C)c3)ccc2cn1)c1ccnc(N2CCC3(CC2)CN(C)C3)c1. The van der Waals surface area contributed by atoms with Gasteiger partial charge >= 0.3 is 0 Å². The molecule has 36 heavy (non-hydrogen) atoms. The minimum absolute atomic E-state index is 0.539. The fourth-order valence-electron chi connectivity index (χ4n) is 5.79. The Balaban J connectivity index is 1.20. The van der Waals surface area contributed by atoms with Crippen LogP contribution in [0.4, 0.5) is 11.6 Å². The lowest BCUT2D eigenvalue weighted by molar-refractivity contribution is 0.00122. The molecular formula is C29H33N7. The van der Waals surface area contributed by atoms with Crippen LogP contribution in [0.1, 0.15) is 25.3 Å². The summed E-state index contributed by atoms with van der Waals surface area (Å²) in [4.78, 5) is 14.3. The smallest absolute Gasteiger partial charge is 0.130 e. The van der Waals surface area contributed by atoms with Crippen LogP contribution in [0.5, 0.6) is 0 Å². The third-order valence-electron chi connectivity index (χ3n) is 7.73. The van der Waals surface area contributed by atoms with Gasteiger partial charge in [-0.1, -0.05) is 18.2 Å². The molecule has 1 aromatic carbocycles. The minimum atomic E-state index is 0.539. The number of pyridine rings is 2. The standard InChI is InChI=1S/C29H33N7/c1-4-26(22-7-10-30-28(15-22)36-11-8-29(9-12-36)19-34(2)20-29)33-27-14-24-13-21(5-6-23(24)16-31-27)25-17-32-35(3)18-25/h4-7,10,13-18H,8-9,11-12,19-20H2,1-3H3,(H,31,33)/b26-4+. The molecular weight excluding hydrogens is 446 g/mol. The molecule has 0 saturated carbocycles. The molecule has 1 N–H and O–H groups in total. The highest BCUT2D eigenvalue weighted by molar-refractivity contribution is 5.89. The van der Waals surface area contributed by atoms with E-state index in [1.165, 1.54) is 25.9 Å². The number of allylic oxidation sites excluding steroid dienone is 1. The van der Waals surface area contributed by atoms with Gasteiger partial charge in [0.1, 0.15) is 11.6 Å². The number of benzene rings is 1. The zero-order valence-corrected chi connectivity index (χ0v) is 21.3. The predicted octanol–water partition coefficient (Wildman–Crippen LogP) is 5.04. The maximum atomic E-state index is 4.71. The molecule has 0 bridgehead atoms. The van der Waals surface area contributed by atoms with Gasteiger partial charge in [0.2, 0.25) is 0 Å². The number of anilines is 2. The van der Waals surface area contributed by atoms with E-state index in [1.54, 1.807) is 0 Å². The zero-order chi connectivity index (χ0) is 24.7. The third kappa shape index (κ3) is 4.35. The second kappa shape index (κ2) is 9.06. The van der Waals surface area contributed by atoms with Crippen molar-refractivity contribution in [3.05, 3.63) is 72.8 Å². The van der Waals surface area contributed by atoms with Crippen LogP contribution in [-0.4, -0.2) is 57.9 Å². The number of aryl methyl sites for hydroxylation is 1. The molecule has 1 spiro atoms. The van der Waals surface area contributed by atoms with Crippen molar-refractivity contribution >= 4 is 28.1 Å². The van der Waals surface area contributed by atoms with Gasteiger partial charge in [-0.05, 0) is 67.4 Å². The number of nitrogens with zero attached hydrogens (tertiary/aromatic N) is 6. The number of nitrogens with one attached hydrogen (secondary N) is 1. The number of aromatic nitrogens is 4. The first kappa shape index (κ1) is 22.7. The van der Waals surface area contributed by atoms with Crippen molar-refractivity contribution in [2.45, 2.75) is 19.8 Å². The van der Waals surface area contributed by atoms with Crippen molar-refractivity contribution in [2.24, 2.45) is 12.5 Å². The summed E-state index contributed by atoms with van der Waals surface area (Å²) in [5.41, 5.74) is 4.95. The fraction of sp³-hybridized carbons (Fsp3) is 0.345. The molecule has 2 saturated heterocycles. The van der Waals surface area contributed by atoms with Crippen molar-refractivity contribution in [1.82, 2.24) is 24.6 Å². The Morgan fingerprint density at radius 3 is 2.50 bits per heavy atom. The Hall–Kier alpha value is -3.71. The summed E-state index contributed by atoms with van der Waals surface area (Å²) in [5, 5.41) is 10.1. The topological polar surface area (TPSA) is 62.1 Å². The molecule has 0 amide bonds. The Morgan fingerprint density at radius 1 is 0.944 bits per heavy atom. The van der Waals surface area contributed by atoms with Crippen LogP contribution >= 0.6 is 0 Å². The lowest BCUT2D eigenvalue weighted by Gasteiger charge is -2.53. The Labute approximate surface area is 212 Å². The summed E-state index contributed by atoms with van der Waals surface area (Å²) in [6, 6.07) is 12.8. The second-order valence-corrected chi connectivity index (χ2v) is 10.4. The molecule has 2 aliphatic rings. The van der Waals surface area contributed by atoms with Crippen molar-refractivity contribution in [3.63, 3.8) is 0 Å². The first-order valence-electron chi connectivity index (χ1n) is 12.7. The highest BCUT2D eigenvalue weighted by atomic mass is 15.2. The minimum Gasteiger partial charge on any atom is -0.357 e. The van der Waals surface area contributed by atoms with E-state index in [4.69, 9.17) is 4.98 Å². The molecule has 0 unspecified atom stereocenters. The molecule has 2 fully saturated rings. The van der Waals surface area contributed by atoms with Crippen molar-refractivity contribution in [3.8, 4) is 11.1 Å². The first-order valence-corrected chi connectivity index (χ1v) is 12.7. The van der Waals surface area contributed by atoms with Crippen LogP contribution in [0.3, 0.4) is 0 Å². The van der Waals surface area contributed by atoms with E-state index in [-0.39, 0.29) is 0 Å². The predicted molar refractivity (Wildman–Crippen MR) is 147 cm³/mol. The normalized spacial score (nSPS) is 18.0. The summed E-state index contributed by atoms with van der Waals surface area (Å²) in [7, 11) is 4.16. The van der Waals surface area contributed by atoms with E-state index in [0.29, 0.717) is 5.41 Å². The molecule has 0 radical (unpaired) electrons. The lowest BCUT2D eigenvalue weighted by Crippen LogP contribution is -2.58. The van der Waals surface area contributed by atoms with Gasteiger partial charge in [-0.3, -0.25) is 4.68 Å².